The molecule has 1 aromatic rings. The Morgan fingerprint density at radius 2 is 1.75 bits per heavy atom. The number of pyridine rings is 1. The third-order valence-corrected chi connectivity index (χ3v) is 4.18. The summed E-state index contributed by atoms with van der Waals surface area (Å²) in [4.78, 5) is 14.4. The van der Waals surface area contributed by atoms with E-state index in [1.54, 1.807) is 12.3 Å². The molecule has 0 amide bonds. The van der Waals surface area contributed by atoms with Crippen molar-refractivity contribution >= 4 is 12.6 Å². The Morgan fingerprint density at radius 1 is 1.20 bits per heavy atom. The molecule has 0 unspecified atom stereocenters. The highest BCUT2D eigenvalue weighted by atomic mass is 16.7. The van der Waals surface area contributed by atoms with Crippen molar-refractivity contribution in [3.8, 4) is 0 Å². The van der Waals surface area contributed by atoms with Crippen LogP contribution in [0.3, 0.4) is 0 Å². The predicted molar refractivity (Wildman–Crippen MR) is 81.3 cm³/mol. The average Bonchev–Trinajstić information content (AvgIpc) is 2.50. The van der Waals surface area contributed by atoms with Crippen molar-refractivity contribution in [1.29, 1.82) is 0 Å². The van der Waals surface area contributed by atoms with Crippen molar-refractivity contribution in [1.82, 2.24) is 4.98 Å². The van der Waals surface area contributed by atoms with Crippen molar-refractivity contribution in [3.63, 3.8) is 0 Å². The Balaban J connectivity index is 2.38. The summed E-state index contributed by atoms with van der Waals surface area (Å²) >= 11 is 0. The van der Waals surface area contributed by atoms with Crippen LogP contribution in [0.2, 0.25) is 0 Å². The van der Waals surface area contributed by atoms with Crippen molar-refractivity contribution in [2.75, 3.05) is 0 Å². The quantitative estimate of drug-likeness (QED) is 0.858. The Bertz CT molecular complexity index is 532. The van der Waals surface area contributed by atoms with Gasteiger partial charge in [0.25, 0.3) is 0 Å². The highest BCUT2D eigenvalue weighted by molar-refractivity contribution is 6.62. The van der Waals surface area contributed by atoms with Crippen LogP contribution in [0.15, 0.2) is 17.1 Å². The highest BCUT2D eigenvalue weighted by Gasteiger charge is 2.52. The molecular formula is C15H24BNO3. The maximum Gasteiger partial charge on any atom is 0.495 e. The van der Waals surface area contributed by atoms with Crippen molar-refractivity contribution in [3.05, 3.63) is 28.2 Å². The molecule has 2 heterocycles. The number of hydrogen-bond donors (Lipinski definition) is 1. The normalized spacial score (nSPS) is 20.6. The third kappa shape index (κ3) is 2.84. The molecular weight excluding hydrogens is 253 g/mol. The fraction of sp³-hybridized carbons (Fsp3) is 0.667. The summed E-state index contributed by atoms with van der Waals surface area (Å²) < 4.78 is 12.1. The molecule has 1 saturated heterocycles. The van der Waals surface area contributed by atoms with Gasteiger partial charge in [0.1, 0.15) is 0 Å². The molecule has 1 aliphatic heterocycles. The minimum absolute atomic E-state index is 0.123. The molecule has 4 nitrogen and oxygen atoms in total. The maximum absolute atomic E-state index is 11.6. The van der Waals surface area contributed by atoms with Gasteiger partial charge in [-0.3, -0.25) is 4.79 Å². The van der Waals surface area contributed by atoms with E-state index in [-0.39, 0.29) is 5.56 Å². The van der Waals surface area contributed by atoms with Crippen LogP contribution >= 0.6 is 0 Å². The van der Waals surface area contributed by atoms with E-state index >= 15 is 0 Å². The maximum atomic E-state index is 11.6. The second-order valence-electron chi connectivity index (χ2n) is 6.96. The summed E-state index contributed by atoms with van der Waals surface area (Å²) in [5.74, 6) is 0.502. The van der Waals surface area contributed by atoms with Gasteiger partial charge in [0.2, 0.25) is 5.56 Å². The number of nitrogens with one attached hydrogen (secondary N) is 1. The molecule has 1 N–H and O–H groups in total. The van der Waals surface area contributed by atoms with Gasteiger partial charge in [-0.1, -0.05) is 13.8 Å². The van der Waals surface area contributed by atoms with E-state index in [1.807, 2.05) is 27.7 Å². The molecule has 20 heavy (non-hydrogen) atoms. The van der Waals surface area contributed by atoms with E-state index in [2.05, 4.69) is 18.8 Å². The van der Waals surface area contributed by atoms with Crippen molar-refractivity contribution in [2.24, 2.45) is 5.92 Å². The van der Waals surface area contributed by atoms with Crippen LogP contribution in [0.1, 0.15) is 47.1 Å². The van der Waals surface area contributed by atoms with Crippen LogP contribution in [0, 0.1) is 5.92 Å². The smallest absolute Gasteiger partial charge is 0.399 e. The minimum Gasteiger partial charge on any atom is -0.399 e. The second-order valence-corrected chi connectivity index (χ2v) is 6.96. The second kappa shape index (κ2) is 5.04. The lowest BCUT2D eigenvalue weighted by Gasteiger charge is -2.32. The zero-order valence-corrected chi connectivity index (χ0v) is 13.2. The largest absolute Gasteiger partial charge is 0.495 e. The van der Waals surface area contributed by atoms with Crippen LogP contribution < -0.4 is 11.0 Å². The fourth-order valence-electron chi connectivity index (χ4n) is 2.32. The van der Waals surface area contributed by atoms with Gasteiger partial charge in [-0.05, 0) is 51.1 Å². The Kier molecular flexibility index (Phi) is 3.86. The zero-order chi connectivity index (χ0) is 15.1. The van der Waals surface area contributed by atoms with Gasteiger partial charge in [0.15, 0.2) is 0 Å². The zero-order valence-electron chi connectivity index (χ0n) is 13.2. The van der Waals surface area contributed by atoms with Gasteiger partial charge >= 0.3 is 7.12 Å². The molecule has 0 aromatic carbocycles. The SMILES string of the molecule is CC(C)Cc1c[nH]c(=O)cc1B1OC(C)(C)C(C)(C)O1. The van der Waals surface area contributed by atoms with Crippen LogP contribution in [-0.4, -0.2) is 23.3 Å². The summed E-state index contributed by atoms with van der Waals surface area (Å²) in [6.07, 6.45) is 2.67. The van der Waals surface area contributed by atoms with Gasteiger partial charge in [-0.15, -0.1) is 0 Å². The summed E-state index contributed by atoms with van der Waals surface area (Å²) in [6, 6.07) is 1.60. The monoisotopic (exact) mass is 277 g/mol. The molecule has 1 aromatic heterocycles. The molecule has 0 spiro atoms. The summed E-state index contributed by atoms with van der Waals surface area (Å²) in [5, 5.41) is 0. The van der Waals surface area contributed by atoms with E-state index in [0.717, 1.165) is 17.4 Å². The summed E-state index contributed by atoms with van der Waals surface area (Å²) in [7, 11) is -0.476. The minimum atomic E-state index is -0.476. The first-order valence-electron chi connectivity index (χ1n) is 7.19. The van der Waals surface area contributed by atoms with Gasteiger partial charge in [0, 0.05) is 12.3 Å². The van der Waals surface area contributed by atoms with Crippen molar-refractivity contribution < 1.29 is 9.31 Å². The predicted octanol–water partition coefficient (Wildman–Crippen LogP) is 1.87. The fourth-order valence-corrected chi connectivity index (χ4v) is 2.32. The lowest BCUT2D eigenvalue weighted by molar-refractivity contribution is 0.00578. The first-order chi connectivity index (χ1) is 9.12. The molecule has 110 valence electrons. The topological polar surface area (TPSA) is 51.3 Å². The molecule has 1 fully saturated rings. The molecule has 5 heteroatoms. The number of H-pyrrole nitrogens is 1. The Labute approximate surface area is 121 Å². The van der Waals surface area contributed by atoms with E-state index in [9.17, 15) is 4.79 Å². The Hall–Kier alpha value is -1.07. The van der Waals surface area contributed by atoms with Crippen LogP contribution in [0.5, 0.6) is 0 Å². The van der Waals surface area contributed by atoms with Crippen LogP contribution in [-0.2, 0) is 15.7 Å². The van der Waals surface area contributed by atoms with E-state index in [1.165, 1.54) is 0 Å². The summed E-state index contributed by atoms with van der Waals surface area (Å²) in [6.45, 7) is 12.4. The number of aromatic nitrogens is 1. The van der Waals surface area contributed by atoms with Crippen LogP contribution in [0.4, 0.5) is 0 Å². The molecule has 0 bridgehead atoms. The third-order valence-electron chi connectivity index (χ3n) is 4.18. The van der Waals surface area contributed by atoms with E-state index < -0.39 is 18.3 Å². The average molecular weight is 277 g/mol. The lowest BCUT2D eigenvalue weighted by Crippen LogP contribution is -2.41. The first kappa shape index (κ1) is 15.3. The van der Waals surface area contributed by atoms with Gasteiger partial charge in [0.05, 0.1) is 11.2 Å². The van der Waals surface area contributed by atoms with Crippen LogP contribution in [0.25, 0.3) is 0 Å². The van der Waals surface area contributed by atoms with Gasteiger partial charge < -0.3 is 14.3 Å². The van der Waals surface area contributed by atoms with Crippen molar-refractivity contribution in [2.45, 2.75) is 59.2 Å². The number of hydrogen-bond acceptors (Lipinski definition) is 3. The first-order valence-corrected chi connectivity index (χ1v) is 7.19. The standard InChI is InChI=1S/C15H24BNO3/c1-10(2)7-11-9-17-13(18)8-12(11)16-19-14(3,4)15(5,6)20-16/h8-10H,7H2,1-6H3,(H,17,18). The Morgan fingerprint density at radius 3 is 2.25 bits per heavy atom. The van der Waals surface area contributed by atoms with E-state index in [0.29, 0.717) is 5.92 Å². The highest BCUT2D eigenvalue weighted by Crippen LogP contribution is 2.36. The van der Waals surface area contributed by atoms with E-state index in [4.69, 9.17) is 9.31 Å². The van der Waals surface area contributed by atoms with Gasteiger partial charge in [-0.2, -0.15) is 0 Å². The molecule has 1 aliphatic rings. The molecule has 0 aliphatic carbocycles. The molecule has 0 saturated carbocycles. The lowest BCUT2D eigenvalue weighted by atomic mass is 9.75. The molecule has 0 radical (unpaired) electrons. The molecule has 2 rings (SSSR count). The van der Waals surface area contributed by atoms with Gasteiger partial charge in [-0.25, -0.2) is 0 Å². The summed E-state index contributed by atoms with van der Waals surface area (Å²) in [5.41, 5.74) is 1.02. The number of rotatable bonds is 3. The molecule has 0 atom stereocenters. The number of aromatic amines is 1.